The van der Waals surface area contributed by atoms with Crippen LogP contribution in [0.4, 0.5) is 0 Å². The van der Waals surface area contributed by atoms with E-state index < -0.39 is 12.0 Å². The highest BCUT2D eigenvalue weighted by Gasteiger charge is 2.24. The highest BCUT2D eigenvalue weighted by molar-refractivity contribution is 5.85. The fourth-order valence-corrected chi connectivity index (χ4v) is 2.16. The first kappa shape index (κ1) is 19.9. The molecule has 6 nitrogen and oxygen atoms in total. The van der Waals surface area contributed by atoms with Gasteiger partial charge in [0.2, 0.25) is 5.91 Å². The second-order valence-electron chi connectivity index (χ2n) is 6.81. The first-order valence-corrected chi connectivity index (χ1v) is 7.37. The van der Waals surface area contributed by atoms with Crippen molar-refractivity contribution in [2.75, 3.05) is 33.8 Å². The molecular weight excluding hydrogens is 270 g/mol. The molecule has 0 bridgehead atoms. The van der Waals surface area contributed by atoms with E-state index in [4.69, 9.17) is 10.5 Å². The Morgan fingerprint density at radius 1 is 1.33 bits per heavy atom. The Morgan fingerprint density at radius 2 is 1.90 bits per heavy atom. The number of esters is 1. The molecule has 0 aromatic rings. The molecule has 0 aromatic heterocycles. The number of nitrogens with zero attached hydrogens (tertiary/aromatic N) is 1. The number of likely N-dealkylation sites (N-methyl/N-ethyl adjacent to an activating group) is 1. The van der Waals surface area contributed by atoms with Crippen molar-refractivity contribution in [2.24, 2.45) is 17.1 Å². The molecule has 3 N–H and O–H groups in total. The normalized spacial score (nSPS) is 13.4. The lowest BCUT2D eigenvalue weighted by Gasteiger charge is -2.29. The number of methoxy groups -OCH3 is 1. The van der Waals surface area contributed by atoms with Crippen LogP contribution < -0.4 is 11.1 Å². The molecule has 0 heterocycles. The van der Waals surface area contributed by atoms with Crippen molar-refractivity contribution in [3.05, 3.63) is 0 Å². The van der Waals surface area contributed by atoms with Crippen LogP contribution in [0.2, 0.25) is 0 Å². The standard InChI is InChI=1S/C15H31N3O3/c1-11(2)7-12(14(20)21-6)17-13(19)8-18(5)10-15(3,4)9-16/h11-12H,7-10,16H2,1-6H3,(H,17,19). The molecule has 0 aliphatic carbocycles. The molecule has 0 spiro atoms. The second-order valence-corrected chi connectivity index (χ2v) is 6.81. The van der Waals surface area contributed by atoms with E-state index in [0.29, 0.717) is 25.4 Å². The number of hydrogen-bond donors (Lipinski definition) is 2. The van der Waals surface area contributed by atoms with Crippen LogP contribution in [0.5, 0.6) is 0 Å². The lowest BCUT2D eigenvalue weighted by molar-refractivity contribution is -0.145. The van der Waals surface area contributed by atoms with E-state index >= 15 is 0 Å². The first-order valence-electron chi connectivity index (χ1n) is 7.37. The predicted octanol–water partition coefficient (Wildman–Crippen LogP) is 0.607. The Labute approximate surface area is 128 Å². The maximum atomic E-state index is 12.0. The smallest absolute Gasteiger partial charge is 0.328 e. The van der Waals surface area contributed by atoms with Crippen LogP contribution in [0.3, 0.4) is 0 Å². The highest BCUT2D eigenvalue weighted by atomic mass is 16.5. The number of ether oxygens (including phenoxy) is 1. The first-order chi connectivity index (χ1) is 9.61. The van der Waals surface area contributed by atoms with Gasteiger partial charge in [-0.3, -0.25) is 9.69 Å². The number of carbonyl (C=O) groups is 2. The summed E-state index contributed by atoms with van der Waals surface area (Å²) < 4.78 is 4.73. The van der Waals surface area contributed by atoms with Gasteiger partial charge >= 0.3 is 5.97 Å². The van der Waals surface area contributed by atoms with Gasteiger partial charge in [-0.1, -0.05) is 27.7 Å². The van der Waals surface area contributed by atoms with Crippen molar-refractivity contribution in [2.45, 2.75) is 40.2 Å². The van der Waals surface area contributed by atoms with E-state index in [-0.39, 0.29) is 17.9 Å². The average molecular weight is 301 g/mol. The molecule has 0 aromatic carbocycles. The third kappa shape index (κ3) is 8.67. The minimum Gasteiger partial charge on any atom is -0.467 e. The zero-order valence-corrected chi connectivity index (χ0v) is 14.2. The summed E-state index contributed by atoms with van der Waals surface area (Å²) in [5.41, 5.74) is 5.64. The van der Waals surface area contributed by atoms with E-state index in [9.17, 15) is 9.59 Å². The predicted molar refractivity (Wildman–Crippen MR) is 83.7 cm³/mol. The number of nitrogens with one attached hydrogen (secondary N) is 1. The molecule has 6 heteroatoms. The van der Waals surface area contributed by atoms with Crippen LogP contribution in [0.15, 0.2) is 0 Å². The summed E-state index contributed by atoms with van der Waals surface area (Å²) in [6.45, 7) is 9.60. The Bertz CT molecular complexity index is 343. The Balaban J connectivity index is 4.46. The van der Waals surface area contributed by atoms with E-state index in [1.165, 1.54) is 7.11 Å². The third-order valence-corrected chi connectivity index (χ3v) is 3.19. The maximum Gasteiger partial charge on any atom is 0.328 e. The minimum absolute atomic E-state index is 0.0469. The van der Waals surface area contributed by atoms with Crippen LogP contribution in [-0.4, -0.2) is 56.6 Å². The molecule has 0 aliphatic rings. The van der Waals surface area contributed by atoms with Gasteiger partial charge in [0.25, 0.3) is 0 Å². The van der Waals surface area contributed by atoms with Gasteiger partial charge in [0, 0.05) is 6.54 Å². The number of rotatable bonds is 9. The SMILES string of the molecule is COC(=O)C(CC(C)C)NC(=O)CN(C)CC(C)(C)CN. The fraction of sp³-hybridized carbons (Fsp3) is 0.867. The molecule has 0 saturated carbocycles. The van der Waals surface area contributed by atoms with Crippen molar-refractivity contribution < 1.29 is 14.3 Å². The summed E-state index contributed by atoms with van der Waals surface area (Å²) in [6, 6.07) is -0.585. The summed E-state index contributed by atoms with van der Waals surface area (Å²) in [5.74, 6) is -0.285. The summed E-state index contributed by atoms with van der Waals surface area (Å²) in [4.78, 5) is 25.6. The minimum atomic E-state index is -0.585. The number of carbonyl (C=O) groups excluding carboxylic acids is 2. The van der Waals surface area contributed by atoms with Gasteiger partial charge in [0.15, 0.2) is 0 Å². The van der Waals surface area contributed by atoms with Crippen LogP contribution >= 0.6 is 0 Å². The second kappa shape index (κ2) is 9.00. The molecule has 1 atom stereocenters. The van der Waals surface area contributed by atoms with Crippen LogP contribution in [0, 0.1) is 11.3 Å². The number of hydrogen-bond acceptors (Lipinski definition) is 5. The van der Waals surface area contributed by atoms with E-state index in [0.717, 1.165) is 0 Å². The summed E-state index contributed by atoms with van der Waals surface area (Å²) in [5, 5.41) is 2.75. The van der Waals surface area contributed by atoms with Crippen LogP contribution in [-0.2, 0) is 14.3 Å². The molecule has 0 rings (SSSR count). The lowest BCUT2D eigenvalue weighted by atomic mass is 9.93. The van der Waals surface area contributed by atoms with E-state index in [1.807, 2.05) is 25.8 Å². The van der Waals surface area contributed by atoms with Crippen molar-refractivity contribution >= 4 is 11.9 Å². The zero-order chi connectivity index (χ0) is 16.6. The molecule has 1 amide bonds. The van der Waals surface area contributed by atoms with Crippen molar-refractivity contribution in [3.8, 4) is 0 Å². The van der Waals surface area contributed by atoms with Gasteiger partial charge in [-0.15, -0.1) is 0 Å². The lowest BCUT2D eigenvalue weighted by Crippen LogP contribution is -2.47. The van der Waals surface area contributed by atoms with Gasteiger partial charge in [-0.2, -0.15) is 0 Å². The van der Waals surface area contributed by atoms with E-state index in [2.05, 4.69) is 19.2 Å². The summed E-state index contributed by atoms with van der Waals surface area (Å²) in [7, 11) is 3.20. The van der Waals surface area contributed by atoms with Crippen molar-refractivity contribution in [1.82, 2.24) is 10.2 Å². The van der Waals surface area contributed by atoms with E-state index in [1.54, 1.807) is 0 Å². The molecular formula is C15H31N3O3. The monoisotopic (exact) mass is 301 g/mol. The van der Waals surface area contributed by atoms with Gasteiger partial charge in [-0.05, 0) is 31.3 Å². The molecule has 0 radical (unpaired) electrons. The average Bonchev–Trinajstić information content (AvgIpc) is 2.35. The summed E-state index contributed by atoms with van der Waals surface area (Å²) in [6.07, 6.45) is 0.566. The largest absolute Gasteiger partial charge is 0.467 e. The van der Waals surface area contributed by atoms with Gasteiger partial charge in [0.05, 0.1) is 13.7 Å². The Morgan fingerprint density at radius 3 is 2.33 bits per heavy atom. The van der Waals surface area contributed by atoms with Crippen LogP contribution in [0.1, 0.15) is 34.1 Å². The van der Waals surface area contributed by atoms with Gasteiger partial charge in [-0.25, -0.2) is 4.79 Å². The fourth-order valence-electron chi connectivity index (χ4n) is 2.16. The van der Waals surface area contributed by atoms with Crippen LogP contribution in [0.25, 0.3) is 0 Å². The molecule has 0 aliphatic heterocycles. The molecule has 21 heavy (non-hydrogen) atoms. The van der Waals surface area contributed by atoms with Gasteiger partial charge in [0.1, 0.15) is 6.04 Å². The zero-order valence-electron chi connectivity index (χ0n) is 14.2. The topological polar surface area (TPSA) is 84.7 Å². The molecule has 0 fully saturated rings. The quantitative estimate of drug-likeness (QED) is 0.609. The molecule has 0 saturated heterocycles. The highest BCUT2D eigenvalue weighted by Crippen LogP contribution is 2.13. The summed E-state index contributed by atoms with van der Waals surface area (Å²) >= 11 is 0. The Hall–Kier alpha value is -1.14. The Kier molecular flexibility index (Phi) is 8.51. The number of nitrogens with two attached hydrogens (primary N) is 1. The van der Waals surface area contributed by atoms with Gasteiger partial charge < -0.3 is 15.8 Å². The maximum absolute atomic E-state index is 12.0. The van der Waals surface area contributed by atoms with Crippen molar-refractivity contribution in [3.63, 3.8) is 0 Å². The third-order valence-electron chi connectivity index (χ3n) is 3.19. The molecule has 124 valence electrons. The number of amides is 1. The molecule has 1 unspecified atom stereocenters. The van der Waals surface area contributed by atoms with Crippen molar-refractivity contribution in [1.29, 1.82) is 0 Å².